The van der Waals surface area contributed by atoms with Crippen molar-refractivity contribution in [2.75, 3.05) is 11.9 Å². The van der Waals surface area contributed by atoms with Crippen LogP contribution in [0, 0.1) is 0 Å². The van der Waals surface area contributed by atoms with Gasteiger partial charge >= 0.3 is 12.1 Å². The second kappa shape index (κ2) is 8.85. The molecule has 2 aromatic heterocycles. The number of amides is 3. The van der Waals surface area contributed by atoms with E-state index >= 15 is 0 Å². The lowest BCUT2D eigenvalue weighted by atomic mass is 10.1. The van der Waals surface area contributed by atoms with Crippen molar-refractivity contribution < 1.29 is 14.3 Å². The van der Waals surface area contributed by atoms with Gasteiger partial charge in [0.25, 0.3) is 0 Å². The largest absolute Gasteiger partial charge is 0.443 e. The van der Waals surface area contributed by atoms with E-state index in [1.165, 1.54) is 0 Å². The van der Waals surface area contributed by atoms with Crippen molar-refractivity contribution in [2.24, 2.45) is 7.05 Å². The number of carbonyl (C=O) groups is 2. The van der Waals surface area contributed by atoms with Crippen molar-refractivity contribution in [3.63, 3.8) is 0 Å². The summed E-state index contributed by atoms with van der Waals surface area (Å²) >= 11 is 0. The first-order chi connectivity index (χ1) is 13.6. The van der Waals surface area contributed by atoms with Crippen LogP contribution in [0.5, 0.6) is 0 Å². The Kier molecular flexibility index (Phi) is 6.05. The van der Waals surface area contributed by atoms with Gasteiger partial charge in [-0.2, -0.15) is 0 Å². The summed E-state index contributed by atoms with van der Waals surface area (Å²) in [5, 5.41) is 9.87. The van der Waals surface area contributed by atoms with Crippen LogP contribution in [0.15, 0.2) is 43.0 Å². The number of ether oxygens (including phenoxy) is 1. The van der Waals surface area contributed by atoms with Crippen LogP contribution >= 0.6 is 0 Å². The Labute approximate surface area is 162 Å². The molecule has 0 spiro atoms. The summed E-state index contributed by atoms with van der Waals surface area (Å²) in [6.45, 7) is 2.82. The molecule has 0 aliphatic heterocycles. The Morgan fingerprint density at radius 3 is 2.82 bits per heavy atom. The lowest BCUT2D eigenvalue weighted by Gasteiger charge is -2.11. The number of benzene rings is 1. The molecule has 0 bridgehead atoms. The number of imidazole rings is 1. The summed E-state index contributed by atoms with van der Waals surface area (Å²) in [6.07, 6.45) is 4.46. The molecule has 2 heterocycles. The van der Waals surface area contributed by atoms with Crippen LogP contribution in [0.2, 0.25) is 0 Å². The summed E-state index contributed by atoms with van der Waals surface area (Å²) < 4.78 is 6.99. The Balaban J connectivity index is 1.62. The predicted octanol–water partition coefficient (Wildman–Crippen LogP) is 2.54. The molecule has 3 N–H and O–H groups in total. The fraction of sp³-hybridized carbons (Fsp3) is 0.263. The highest BCUT2D eigenvalue weighted by Crippen LogP contribution is 2.20. The maximum absolute atomic E-state index is 12.0. The molecule has 3 rings (SSSR count). The van der Waals surface area contributed by atoms with Crippen LogP contribution in [-0.2, 0) is 24.9 Å². The van der Waals surface area contributed by atoms with Gasteiger partial charge in [0.1, 0.15) is 12.4 Å². The quantitative estimate of drug-likeness (QED) is 0.607. The second-order valence-electron chi connectivity index (χ2n) is 6.12. The van der Waals surface area contributed by atoms with Gasteiger partial charge in [-0.25, -0.2) is 19.6 Å². The van der Waals surface area contributed by atoms with Crippen LogP contribution in [-0.4, -0.2) is 33.2 Å². The van der Waals surface area contributed by atoms with Crippen LogP contribution in [0.4, 0.5) is 15.4 Å². The zero-order valence-corrected chi connectivity index (χ0v) is 15.7. The van der Waals surface area contributed by atoms with Gasteiger partial charge in [-0.15, -0.1) is 0 Å². The fourth-order valence-electron chi connectivity index (χ4n) is 2.66. The summed E-state index contributed by atoms with van der Waals surface area (Å²) in [7, 11) is 1.84. The number of hydrogen-bond donors (Lipinski definition) is 3. The lowest BCUT2D eigenvalue weighted by molar-refractivity contribution is 0.137. The molecular weight excluding hydrogens is 360 g/mol. The van der Waals surface area contributed by atoms with Gasteiger partial charge in [0.05, 0.1) is 18.2 Å². The number of nitrogens with one attached hydrogen (secondary N) is 3. The third-order valence-electron chi connectivity index (χ3n) is 4.12. The minimum Gasteiger partial charge on any atom is -0.443 e. The number of anilines is 1. The van der Waals surface area contributed by atoms with E-state index in [4.69, 9.17) is 4.74 Å². The Bertz CT molecular complexity index is 985. The molecule has 9 nitrogen and oxygen atoms in total. The minimum atomic E-state index is -0.513. The number of aromatic nitrogens is 3. The van der Waals surface area contributed by atoms with Crippen molar-refractivity contribution in [2.45, 2.75) is 20.1 Å². The molecule has 9 heteroatoms. The van der Waals surface area contributed by atoms with Gasteiger partial charge in [-0.3, -0.25) is 5.32 Å². The van der Waals surface area contributed by atoms with E-state index in [2.05, 4.69) is 25.9 Å². The first-order valence-corrected chi connectivity index (χ1v) is 8.85. The lowest BCUT2D eigenvalue weighted by Crippen LogP contribution is -2.28. The molecule has 1 aromatic carbocycles. The molecule has 0 atom stereocenters. The molecular formula is C19H22N6O3. The normalized spacial score (nSPS) is 10.5. The molecule has 0 unspecified atom stereocenters. The van der Waals surface area contributed by atoms with Gasteiger partial charge in [-0.1, -0.05) is 18.2 Å². The molecule has 28 heavy (non-hydrogen) atoms. The standard InChI is InChI=1S/C19H22N6O3/c1-3-21-18(26)24-17-7-13-5-4-6-14(16(13)10-22-17)8-23-19(27)28-11-15-9-20-12-25(15)2/h4-7,9-10,12H,3,8,11H2,1-2H3,(H,23,27)(H2,21,22,24,26). The fourth-order valence-corrected chi connectivity index (χ4v) is 2.66. The van der Waals surface area contributed by atoms with Crippen LogP contribution in [0.1, 0.15) is 18.2 Å². The van der Waals surface area contributed by atoms with Crippen molar-refractivity contribution in [1.82, 2.24) is 25.2 Å². The van der Waals surface area contributed by atoms with E-state index in [9.17, 15) is 9.59 Å². The number of aryl methyl sites for hydroxylation is 1. The highest BCUT2D eigenvalue weighted by molar-refractivity contribution is 5.92. The first kappa shape index (κ1) is 19.2. The summed E-state index contributed by atoms with van der Waals surface area (Å²) in [5.74, 6) is 0.458. The average molecular weight is 382 g/mol. The van der Waals surface area contributed by atoms with Gasteiger partial charge in [0, 0.05) is 31.7 Å². The van der Waals surface area contributed by atoms with E-state index in [1.807, 2.05) is 32.2 Å². The zero-order valence-electron chi connectivity index (χ0n) is 15.7. The number of alkyl carbamates (subject to hydrolysis) is 1. The molecule has 0 radical (unpaired) electrons. The molecule has 146 valence electrons. The summed E-state index contributed by atoms with van der Waals surface area (Å²) in [4.78, 5) is 31.8. The topological polar surface area (TPSA) is 110 Å². The third kappa shape index (κ3) is 4.76. The number of rotatable bonds is 6. The molecule has 0 saturated carbocycles. The van der Waals surface area contributed by atoms with Crippen LogP contribution < -0.4 is 16.0 Å². The van der Waals surface area contributed by atoms with Crippen molar-refractivity contribution in [3.8, 4) is 0 Å². The molecule has 3 aromatic rings. The summed E-state index contributed by atoms with van der Waals surface area (Å²) in [5.41, 5.74) is 1.70. The Hall–Kier alpha value is -3.62. The van der Waals surface area contributed by atoms with Gasteiger partial charge in [0.2, 0.25) is 0 Å². The smallest absolute Gasteiger partial charge is 0.407 e. The van der Waals surface area contributed by atoms with Crippen LogP contribution in [0.25, 0.3) is 10.8 Å². The molecule has 0 aliphatic rings. The second-order valence-corrected chi connectivity index (χ2v) is 6.12. The first-order valence-electron chi connectivity index (χ1n) is 8.85. The van der Waals surface area contributed by atoms with E-state index in [0.717, 1.165) is 22.0 Å². The SMILES string of the molecule is CCNC(=O)Nc1cc2cccc(CNC(=O)OCc3cncn3C)c2cn1. The molecule has 0 saturated heterocycles. The molecule has 0 aliphatic carbocycles. The van der Waals surface area contributed by atoms with E-state index < -0.39 is 6.09 Å². The van der Waals surface area contributed by atoms with Crippen molar-refractivity contribution in [3.05, 3.63) is 54.2 Å². The Morgan fingerprint density at radius 2 is 2.07 bits per heavy atom. The third-order valence-corrected chi connectivity index (χ3v) is 4.12. The summed E-state index contributed by atoms with van der Waals surface area (Å²) in [6, 6.07) is 7.20. The van der Waals surface area contributed by atoms with Gasteiger partial charge in [0.15, 0.2) is 0 Å². The number of urea groups is 1. The average Bonchev–Trinajstić information content (AvgIpc) is 3.09. The number of fused-ring (bicyclic) bond motifs is 1. The maximum Gasteiger partial charge on any atom is 0.407 e. The van der Waals surface area contributed by atoms with E-state index in [-0.39, 0.29) is 12.6 Å². The maximum atomic E-state index is 12.0. The minimum absolute atomic E-state index is 0.147. The van der Waals surface area contributed by atoms with Crippen molar-refractivity contribution >= 4 is 28.7 Å². The highest BCUT2D eigenvalue weighted by atomic mass is 16.5. The van der Waals surface area contributed by atoms with E-state index in [0.29, 0.717) is 18.9 Å². The van der Waals surface area contributed by atoms with E-state index in [1.54, 1.807) is 29.4 Å². The number of hydrogen-bond acceptors (Lipinski definition) is 5. The number of nitrogens with zero attached hydrogens (tertiary/aromatic N) is 3. The molecule has 0 fully saturated rings. The number of pyridine rings is 1. The monoisotopic (exact) mass is 382 g/mol. The van der Waals surface area contributed by atoms with Crippen molar-refractivity contribution in [1.29, 1.82) is 0 Å². The Morgan fingerprint density at radius 1 is 1.21 bits per heavy atom. The molecule has 3 amide bonds. The van der Waals surface area contributed by atoms with Gasteiger partial charge in [-0.05, 0) is 23.9 Å². The zero-order chi connectivity index (χ0) is 19.9. The predicted molar refractivity (Wildman–Crippen MR) is 105 cm³/mol. The van der Waals surface area contributed by atoms with Gasteiger partial charge < -0.3 is 19.9 Å². The highest BCUT2D eigenvalue weighted by Gasteiger charge is 2.08. The number of carbonyl (C=O) groups excluding carboxylic acids is 2. The van der Waals surface area contributed by atoms with Crippen LogP contribution in [0.3, 0.4) is 0 Å².